The smallest absolute Gasteiger partial charge is 0.356 e. The van der Waals surface area contributed by atoms with Gasteiger partial charge in [0, 0.05) is 38.5 Å². The van der Waals surface area contributed by atoms with Gasteiger partial charge in [0.25, 0.3) is 0 Å². The number of halogens is 3. The number of likely N-dealkylation sites (tertiary alicyclic amines) is 1. The number of nitrogens with one attached hydrogen (secondary N) is 2. The summed E-state index contributed by atoms with van der Waals surface area (Å²) < 4.78 is 37.6. The van der Waals surface area contributed by atoms with Gasteiger partial charge in [0.2, 0.25) is 0 Å². The maximum atomic E-state index is 12.5. The summed E-state index contributed by atoms with van der Waals surface area (Å²) in [6.45, 7) is 6.95. The molecule has 0 aromatic carbocycles. The largest absolute Gasteiger partial charge is 0.434 e. The Labute approximate surface area is 150 Å². The third kappa shape index (κ3) is 6.47. The summed E-state index contributed by atoms with van der Waals surface area (Å²) in [7, 11) is 1.69. The predicted octanol–water partition coefficient (Wildman–Crippen LogP) is 2.60. The van der Waals surface area contributed by atoms with Gasteiger partial charge in [0.1, 0.15) is 0 Å². The molecule has 1 aromatic heterocycles. The topological polar surface area (TPSA) is 52.5 Å². The van der Waals surface area contributed by atoms with Crippen molar-refractivity contribution in [3.63, 3.8) is 0 Å². The number of hydrogen-bond donors (Lipinski definition) is 2. The lowest BCUT2D eigenvalue weighted by Gasteiger charge is -2.16. The Morgan fingerprint density at radius 3 is 2.88 bits per heavy atom. The van der Waals surface area contributed by atoms with Crippen molar-refractivity contribution in [3.8, 4) is 0 Å². The number of rotatable bonds is 7. The zero-order valence-corrected chi connectivity index (χ0v) is 15.5. The molecule has 1 saturated heterocycles. The van der Waals surface area contributed by atoms with E-state index in [0.717, 1.165) is 42.9 Å². The number of thiazole rings is 1. The minimum Gasteiger partial charge on any atom is -0.356 e. The third-order valence-electron chi connectivity index (χ3n) is 4.17. The molecule has 1 unspecified atom stereocenters. The van der Waals surface area contributed by atoms with E-state index >= 15 is 0 Å². The van der Waals surface area contributed by atoms with E-state index in [-0.39, 0.29) is 0 Å². The monoisotopic (exact) mass is 377 g/mol. The van der Waals surface area contributed by atoms with Crippen LogP contribution in [0.3, 0.4) is 0 Å². The maximum absolute atomic E-state index is 12.5. The zero-order chi connectivity index (χ0) is 18.3. The summed E-state index contributed by atoms with van der Waals surface area (Å²) in [5.74, 6) is 1.29. The Morgan fingerprint density at radius 1 is 1.44 bits per heavy atom. The van der Waals surface area contributed by atoms with Crippen molar-refractivity contribution < 1.29 is 13.2 Å². The van der Waals surface area contributed by atoms with Crippen molar-refractivity contribution in [3.05, 3.63) is 16.1 Å². The molecule has 1 fully saturated rings. The summed E-state index contributed by atoms with van der Waals surface area (Å²) in [6.07, 6.45) is -1.57. The SMILES string of the molecule is CCCN1CCC(CNC(=NC)NCCc2nc(C(F)(F)F)cs2)C1. The molecule has 1 aliphatic rings. The van der Waals surface area contributed by atoms with E-state index in [9.17, 15) is 13.2 Å². The lowest BCUT2D eigenvalue weighted by atomic mass is 10.1. The fraction of sp³-hybridized carbons (Fsp3) is 0.750. The minimum atomic E-state index is -4.37. The molecule has 0 amide bonds. The molecule has 0 bridgehead atoms. The lowest BCUT2D eigenvalue weighted by Crippen LogP contribution is -2.41. The average Bonchev–Trinajstić information content (AvgIpc) is 3.20. The number of nitrogens with zero attached hydrogens (tertiary/aromatic N) is 3. The molecule has 5 nitrogen and oxygen atoms in total. The lowest BCUT2D eigenvalue weighted by molar-refractivity contribution is -0.140. The summed E-state index contributed by atoms with van der Waals surface area (Å²) in [6, 6.07) is 0. The van der Waals surface area contributed by atoms with Crippen LogP contribution in [0.1, 0.15) is 30.5 Å². The normalized spacial score (nSPS) is 19.4. The fourth-order valence-electron chi connectivity index (χ4n) is 2.90. The van der Waals surface area contributed by atoms with Crippen LogP contribution in [0, 0.1) is 5.92 Å². The van der Waals surface area contributed by atoms with E-state index in [1.807, 2.05) is 0 Å². The fourth-order valence-corrected chi connectivity index (χ4v) is 3.71. The summed E-state index contributed by atoms with van der Waals surface area (Å²) in [4.78, 5) is 10.3. The molecule has 142 valence electrons. The first-order chi connectivity index (χ1) is 11.9. The minimum absolute atomic E-state index is 0.440. The molecule has 0 spiro atoms. The Bertz CT molecular complexity index is 558. The Morgan fingerprint density at radius 2 is 2.24 bits per heavy atom. The van der Waals surface area contributed by atoms with Gasteiger partial charge in [0.05, 0.1) is 5.01 Å². The molecule has 0 aliphatic carbocycles. The van der Waals surface area contributed by atoms with Gasteiger partial charge in [-0.25, -0.2) is 4.98 Å². The van der Waals surface area contributed by atoms with Gasteiger partial charge >= 0.3 is 6.18 Å². The van der Waals surface area contributed by atoms with Crippen molar-refractivity contribution in [2.45, 2.75) is 32.4 Å². The van der Waals surface area contributed by atoms with Crippen LogP contribution in [0.25, 0.3) is 0 Å². The molecule has 2 heterocycles. The van der Waals surface area contributed by atoms with E-state index in [1.54, 1.807) is 7.05 Å². The molecule has 9 heteroatoms. The highest BCUT2D eigenvalue weighted by Gasteiger charge is 2.33. The third-order valence-corrected chi connectivity index (χ3v) is 5.07. The quantitative estimate of drug-likeness (QED) is 0.567. The standard InChI is InChI=1S/C16H26F3N5S/c1-3-7-24-8-5-12(10-24)9-22-15(20-2)21-6-4-14-23-13(11-25-14)16(17,18)19/h11-12H,3-10H2,1-2H3,(H2,20,21,22). The first-order valence-electron chi connectivity index (χ1n) is 8.60. The first-order valence-corrected chi connectivity index (χ1v) is 9.48. The number of aromatic nitrogens is 1. The van der Waals surface area contributed by atoms with Gasteiger partial charge in [0.15, 0.2) is 11.7 Å². The highest BCUT2D eigenvalue weighted by atomic mass is 32.1. The zero-order valence-electron chi connectivity index (χ0n) is 14.7. The van der Waals surface area contributed by atoms with E-state index in [4.69, 9.17) is 0 Å². The van der Waals surface area contributed by atoms with Crippen LogP contribution in [-0.4, -0.2) is 55.6 Å². The number of guanidine groups is 1. The molecule has 0 saturated carbocycles. The van der Waals surface area contributed by atoms with Gasteiger partial charge < -0.3 is 15.5 Å². The van der Waals surface area contributed by atoms with Gasteiger partial charge in [-0.3, -0.25) is 4.99 Å². The van der Waals surface area contributed by atoms with E-state index in [2.05, 4.69) is 32.4 Å². The van der Waals surface area contributed by atoms with Crippen molar-refractivity contribution in [2.24, 2.45) is 10.9 Å². The van der Waals surface area contributed by atoms with Crippen molar-refractivity contribution >= 4 is 17.3 Å². The molecule has 0 radical (unpaired) electrons. The molecule has 2 N–H and O–H groups in total. The van der Waals surface area contributed by atoms with Gasteiger partial charge in [-0.2, -0.15) is 13.2 Å². The highest BCUT2D eigenvalue weighted by molar-refractivity contribution is 7.09. The van der Waals surface area contributed by atoms with Crippen LogP contribution in [0.4, 0.5) is 13.2 Å². The molecule has 25 heavy (non-hydrogen) atoms. The van der Waals surface area contributed by atoms with Crippen molar-refractivity contribution in [1.29, 1.82) is 0 Å². The molecular formula is C16H26F3N5S. The maximum Gasteiger partial charge on any atom is 0.434 e. The van der Waals surface area contributed by atoms with Crippen LogP contribution in [0.15, 0.2) is 10.4 Å². The van der Waals surface area contributed by atoms with Crippen LogP contribution in [0.2, 0.25) is 0 Å². The first kappa shape index (κ1) is 20.0. The molecule has 1 atom stereocenters. The van der Waals surface area contributed by atoms with Gasteiger partial charge in [-0.15, -0.1) is 11.3 Å². The van der Waals surface area contributed by atoms with Crippen LogP contribution in [0.5, 0.6) is 0 Å². The van der Waals surface area contributed by atoms with Gasteiger partial charge in [-0.05, 0) is 31.8 Å². The van der Waals surface area contributed by atoms with Crippen molar-refractivity contribution in [1.82, 2.24) is 20.5 Å². The Kier molecular flexibility index (Phi) is 7.49. The van der Waals surface area contributed by atoms with Crippen LogP contribution >= 0.6 is 11.3 Å². The molecule has 2 rings (SSSR count). The summed E-state index contributed by atoms with van der Waals surface area (Å²) in [5, 5.41) is 7.98. The van der Waals surface area contributed by atoms with E-state index in [1.165, 1.54) is 12.8 Å². The van der Waals surface area contributed by atoms with E-state index in [0.29, 0.717) is 29.9 Å². The second-order valence-corrected chi connectivity index (χ2v) is 7.15. The predicted molar refractivity (Wildman–Crippen MR) is 95.0 cm³/mol. The van der Waals surface area contributed by atoms with Gasteiger partial charge in [-0.1, -0.05) is 6.92 Å². The number of aliphatic imine (C=N–C) groups is 1. The summed E-state index contributed by atoms with van der Waals surface area (Å²) in [5.41, 5.74) is -0.812. The number of hydrogen-bond acceptors (Lipinski definition) is 4. The second kappa shape index (κ2) is 9.38. The van der Waals surface area contributed by atoms with E-state index < -0.39 is 11.9 Å². The second-order valence-electron chi connectivity index (χ2n) is 6.21. The Hall–Kier alpha value is -1.35. The highest BCUT2D eigenvalue weighted by Crippen LogP contribution is 2.29. The van der Waals surface area contributed by atoms with Crippen molar-refractivity contribution in [2.75, 3.05) is 39.8 Å². The number of alkyl halides is 3. The summed E-state index contributed by atoms with van der Waals surface area (Å²) >= 11 is 1.04. The Balaban J connectivity index is 1.68. The molecule has 1 aromatic rings. The van der Waals surface area contributed by atoms with Crippen LogP contribution in [-0.2, 0) is 12.6 Å². The molecule has 1 aliphatic heterocycles. The van der Waals surface area contributed by atoms with Crippen LogP contribution < -0.4 is 10.6 Å². The average molecular weight is 377 g/mol. The molecular weight excluding hydrogens is 351 g/mol.